The molecule has 27 heavy (non-hydrogen) atoms. The van der Waals surface area contributed by atoms with Crippen LogP contribution >= 0.6 is 27.7 Å². The van der Waals surface area contributed by atoms with Crippen molar-refractivity contribution in [1.29, 1.82) is 0 Å². The monoisotopic (exact) mass is 445 g/mol. The minimum atomic E-state index is -0.0970. The molecule has 0 aliphatic heterocycles. The maximum absolute atomic E-state index is 12.6. The molecule has 0 saturated heterocycles. The number of hydrogen-bond acceptors (Lipinski definition) is 4. The lowest BCUT2D eigenvalue weighted by molar-refractivity contribution is -0.127. The number of halogens is 1. The predicted octanol–water partition coefficient (Wildman–Crippen LogP) is 3.76. The summed E-state index contributed by atoms with van der Waals surface area (Å²) in [7, 11) is 3.46. The van der Waals surface area contributed by atoms with E-state index in [0.717, 1.165) is 15.6 Å². The summed E-state index contributed by atoms with van der Waals surface area (Å²) in [5, 5.41) is 1.14. The van der Waals surface area contributed by atoms with Gasteiger partial charge in [-0.25, -0.2) is 4.98 Å². The number of hydrogen-bond donors (Lipinski definition) is 0. The molecule has 3 aromatic rings. The maximum atomic E-state index is 12.6. The van der Waals surface area contributed by atoms with Crippen molar-refractivity contribution in [3.8, 4) is 0 Å². The Morgan fingerprint density at radius 1 is 1.26 bits per heavy atom. The predicted molar refractivity (Wildman–Crippen MR) is 113 cm³/mol. The lowest BCUT2D eigenvalue weighted by Gasteiger charge is -2.18. The molecule has 1 heterocycles. The highest BCUT2D eigenvalue weighted by atomic mass is 79.9. The molecule has 0 fully saturated rings. The molecule has 0 spiro atoms. The van der Waals surface area contributed by atoms with Crippen molar-refractivity contribution in [2.24, 2.45) is 7.05 Å². The number of carbonyl (C=O) groups is 1. The second-order valence-corrected chi connectivity index (χ2v) is 8.21. The van der Waals surface area contributed by atoms with Gasteiger partial charge in [0.15, 0.2) is 5.16 Å². The molecule has 2 aromatic carbocycles. The van der Waals surface area contributed by atoms with Crippen LogP contribution in [-0.2, 0) is 18.4 Å². The summed E-state index contributed by atoms with van der Waals surface area (Å²) < 4.78 is 2.49. The van der Waals surface area contributed by atoms with E-state index in [1.165, 1.54) is 16.3 Å². The molecule has 5 nitrogen and oxygen atoms in total. The summed E-state index contributed by atoms with van der Waals surface area (Å²) in [6, 6.07) is 13.4. The second-order valence-electron chi connectivity index (χ2n) is 6.41. The van der Waals surface area contributed by atoms with Crippen LogP contribution in [0.5, 0.6) is 0 Å². The van der Waals surface area contributed by atoms with Crippen LogP contribution in [-0.4, -0.2) is 33.2 Å². The van der Waals surface area contributed by atoms with Gasteiger partial charge >= 0.3 is 0 Å². The molecule has 0 aliphatic carbocycles. The zero-order valence-corrected chi connectivity index (χ0v) is 17.8. The minimum absolute atomic E-state index is 0.0194. The Kier molecular flexibility index (Phi) is 6.01. The average molecular weight is 446 g/mol. The average Bonchev–Trinajstić information content (AvgIpc) is 2.65. The number of rotatable bonds is 5. The van der Waals surface area contributed by atoms with Gasteiger partial charge in [-0.15, -0.1) is 0 Å². The zero-order valence-electron chi connectivity index (χ0n) is 15.4. The van der Waals surface area contributed by atoms with Gasteiger partial charge in [0.1, 0.15) is 0 Å². The SMILES string of the molecule is Cc1ccc2nc(SCC(=O)N(C)Cc3ccccc3Br)n(C)c(=O)c2c1. The van der Waals surface area contributed by atoms with E-state index in [0.29, 0.717) is 22.6 Å². The van der Waals surface area contributed by atoms with Crippen LogP contribution in [0.4, 0.5) is 0 Å². The van der Waals surface area contributed by atoms with Crippen LogP contribution in [0.2, 0.25) is 0 Å². The van der Waals surface area contributed by atoms with Gasteiger partial charge in [-0.2, -0.15) is 0 Å². The molecule has 1 amide bonds. The van der Waals surface area contributed by atoms with Crippen LogP contribution in [0.25, 0.3) is 10.9 Å². The summed E-state index contributed by atoms with van der Waals surface area (Å²) in [5.41, 5.74) is 2.62. The number of fused-ring (bicyclic) bond motifs is 1. The van der Waals surface area contributed by atoms with Gasteiger partial charge < -0.3 is 4.90 Å². The first-order chi connectivity index (χ1) is 12.9. The van der Waals surface area contributed by atoms with E-state index in [9.17, 15) is 9.59 Å². The fourth-order valence-electron chi connectivity index (χ4n) is 2.70. The van der Waals surface area contributed by atoms with Gasteiger partial charge in [0.25, 0.3) is 5.56 Å². The molecule has 0 bridgehead atoms. The van der Waals surface area contributed by atoms with E-state index in [-0.39, 0.29) is 17.2 Å². The number of carbonyl (C=O) groups excluding carboxylic acids is 1. The highest BCUT2D eigenvalue weighted by molar-refractivity contribution is 9.10. The molecular formula is C20H20BrN3O2S. The minimum Gasteiger partial charge on any atom is -0.341 e. The van der Waals surface area contributed by atoms with E-state index >= 15 is 0 Å². The fraction of sp³-hybridized carbons (Fsp3) is 0.250. The van der Waals surface area contributed by atoms with E-state index < -0.39 is 0 Å². The van der Waals surface area contributed by atoms with Crippen molar-refractivity contribution >= 4 is 44.5 Å². The molecule has 0 radical (unpaired) electrons. The highest BCUT2D eigenvalue weighted by Gasteiger charge is 2.14. The number of aromatic nitrogens is 2. The summed E-state index contributed by atoms with van der Waals surface area (Å²) in [6.45, 7) is 2.46. The number of amides is 1. The smallest absolute Gasteiger partial charge is 0.261 e. The third-order valence-electron chi connectivity index (χ3n) is 4.31. The largest absolute Gasteiger partial charge is 0.341 e. The van der Waals surface area contributed by atoms with Crippen molar-refractivity contribution in [1.82, 2.24) is 14.5 Å². The fourth-order valence-corrected chi connectivity index (χ4v) is 4.02. The zero-order chi connectivity index (χ0) is 19.6. The molecule has 0 aliphatic rings. The Hall–Kier alpha value is -2.12. The van der Waals surface area contributed by atoms with Crippen LogP contribution in [0.1, 0.15) is 11.1 Å². The van der Waals surface area contributed by atoms with Crippen molar-refractivity contribution in [3.63, 3.8) is 0 Å². The van der Waals surface area contributed by atoms with Crippen LogP contribution in [0.3, 0.4) is 0 Å². The van der Waals surface area contributed by atoms with Crippen molar-refractivity contribution in [2.75, 3.05) is 12.8 Å². The molecule has 0 unspecified atom stereocenters. The van der Waals surface area contributed by atoms with Gasteiger partial charge in [0.05, 0.1) is 16.7 Å². The van der Waals surface area contributed by atoms with Crippen molar-refractivity contribution < 1.29 is 4.79 Å². The first kappa shape index (κ1) is 19.6. The van der Waals surface area contributed by atoms with Crippen LogP contribution in [0.15, 0.2) is 56.9 Å². The van der Waals surface area contributed by atoms with Crippen molar-refractivity contribution in [3.05, 3.63) is 68.4 Å². The number of benzene rings is 2. The highest BCUT2D eigenvalue weighted by Crippen LogP contribution is 2.20. The molecular weight excluding hydrogens is 426 g/mol. The van der Waals surface area contributed by atoms with Crippen molar-refractivity contribution in [2.45, 2.75) is 18.6 Å². The third kappa shape index (κ3) is 4.42. The van der Waals surface area contributed by atoms with E-state index in [1.807, 2.05) is 49.4 Å². The lowest BCUT2D eigenvalue weighted by Crippen LogP contribution is -2.28. The summed E-state index contributed by atoms with van der Waals surface area (Å²) >= 11 is 4.78. The third-order valence-corrected chi connectivity index (χ3v) is 6.09. The number of thioether (sulfide) groups is 1. The van der Waals surface area contributed by atoms with Crippen LogP contribution < -0.4 is 5.56 Å². The Labute approximate surface area is 170 Å². The van der Waals surface area contributed by atoms with Crippen LogP contribution in [0, 0.1) is 6.92 Å². The summed E-state index contributed by atoms with van der Waals surface area (Å²) in [5.74, 6) is 0.201. The second kappa shape index (κ2) is 8.27. The number of nitrogens with zero attached hydrogens (tertiary/aromatic N) is 3. The molecule has 140 valence electrons. The van der Waals surface area contributed by atoms with Gasteiger partial charge in [-0.3, -0.25) is 14.2 Å². The topological polar surface area (TPSA) is 55.2 Å². The Morgan fingerprint density at radius 2 is 2.00 bits per heavy atom. The number of aryl methyl sites for hydroxylation is 1. The molecule has 7 heteroatoms. The summed E-state index contributed by atoms with van der Waals surface area (Å²) in [6.07, 6.45) is 0. The normalized spacial score (nSPS) is 11.0. The standard InChI is InChI=1S/C20H20BrN3O2S/c1-13-8-9-17-15(10-13)19(26)24(3)20(22-17)27-12-18(25)23(2)11-14-6-4-5-7-16(14)21/h4-10H,11-12H2,1-3H3. The molecule has 1 aromatic heterocycles. The first-order valence-electron chi connectivity index (χ1n) is 8.44. The Morgan fingerprint density at radius 3 is 2.74 bits per heavy atom. The Bertz CT molecular complexity index is 1060. The molecule has 0 N–H and O–H groups in total. The Balaban J connectivity index is 1.73. The van der Waals surface area contributed by atoms with E-state index in [2.05, 4.69) is 20.9 Å². The first-order valence-corrected chi connectivity index (χ1v) is 10.2. The molecule has 0 atom stereocenters. The van der Waals surface area contributed by atoms with E-state index in [4.69, 9.17) is 0 Å². The summed E-state index contributed by atoms with van der Waals surface area (Å²) in [4.78, 5) is 31.3. The van der Waals surface area contributed by atoms with Gasteiger partial charge in [0, 0.05) is 25.1 Å². The molecule has 3 rings (SSSR count). The lowest BCUT2D eigenvalue weighted by atomic mass is 10.2. The van der Waals surface area contributed by atoms with Gasteiger partial charge in [-0.05, 0) is 30.7 Å². The quantitative estimate of drug-likeness (QED) is 0.443. The van der Waals surface area contributed by atoms with Gasteiger partial charge in [-0.1, -0.05) is 57.5 Å². The van der Waals surface area contributed by atoms with Gasteiger partial charge in [0.2, 0.25) is 5.91 Å². The maximum Gasteiger partial charge on any atom is 0.261 e. The van der Waals surface area contributed by atoms with E-state index in [1.54, 1.807) is 19.0 Å². The molecule has 0 saturated carbocycles.